The predicted octanol–water partition coefficient (Wildman–Crippen LogP) is 2.38. The number of aryl methyl sites for hydroxylation is 3. The Labute approximate surface area is 151 Å². The standard InChI is InChI=1S/C18H24N4O2S/c1-12-16(25-13(2)20-12)17(23)19-11-14-6-9-22(10-7-14)18(24)15-5-4-8-21(15)3/h4-5,8,14H,6-7,9-11H2,1-3H3,(H,19,23). The van der Waals surface area contributed by atoms with Crippen LogP contribution in [0.25, 0.3) is 0 Å². The summed E-state index contributed by atoms with van der Waals surface area (Å²) < 4.78 is 1.86. The highest BCUT2D eigenvalue weighted by atomic mass is 32.1. The van der Waals surface area contributed by atoms with Gasteiger partial charge in [-0.3, -0.25) is 9.59 Å². The minimum atomic E-state index is -0.0367. The third kappa shape index (κ3) is 3.92. The van der Waals surface area contributed by atoms with Gasteiger partial charge in [-0.2, -0.15) is 0 Å². The van der Waals surface area contributed by atoms with E-state index in [-0.39, 0.29) is 11.8 Å². The molecule has 1 aliphatic heterocycles. The van der Waals surface area contributed by atoms with Crippen molar-refractivity contribution in [2.24, 2.45) is 13.0 Å². The first-order valence-electron chi connectivity index (χ1n) is 8.58. The lowest BCUT2D eigenvalue weighted by Crippen LogP contribution is -2.42. The molecule has 0 aliphatic carbocycles. The van der Waals surface area contributed by atoms with E-state index in [1.807, 2.05) is 48.7 Å². The van der Waals surface area contributed by atoms with Crippen LogP contribution < -0.4 is 5.32 Å². The lowest BCUT2D eigenvalue weighted by Gasteiger charge is -2.32. The van der Waals surface area contributed by atoms with E-state index >= 15 is 0 Å². The first-order valence-corrected chi connectivity index (χ1v) is 9.40. The summed E-state index contributed by atoms with van der Waals surface area (Å²) in [4.78, 5) is 31.7. The minimum absolute atomic E-state index is 0.0367. The molecule has 6 nitrogen and oxygen atoms in total. The second-order valence-electron chi connectivity index (χ2n) is 6.60. The van der Waals surface area contributed by atoms with Crippen molar-refractivity contribution in [1.82, 2.24) is 19.8 Å². The van der Waals surface area contributed by atoms with Gasteiger partial charge in [-0.15, -0.1) is 11.3 Å². The van der Waals surface area contributed by atoms with Crippen molar-refractivity contribution in [2.45, 2.75) is 26.7 Å². The van der Waals surface area contributed by atoms with Crippen molar-refractivity contribution in [2.75, 3.05) is 19.6 Å². The lowest BCUT2D eigenvalue weighted by molar-refractivity contribution is 0.0675. The molecule has 0 saturated carbocycles. The SMILES string of the molecule is Cc1nc(C)c(C(=O)NCC2CCN(C(=O)c3cccn3C)CC2)s1. The van der Waals surface area contributed by atoms with Gasteiger partial charge in [-0.05, 0) is 44.7 Å². The fraction of sp³-hybridized carbons (Fsp3) is 0.500. The summed E-state index contributed by atoms with van der Waals surface area (Å²) in [6, 6.07) is 3.74. The topological polar surface area (TPSA) is 67.2 Å². The summed E-state index contributed by atoms with van der Waals surface area (Å²) in [7, 11) is 1.89. The molecule has 25 heavy (non-hydrogen) atoms. The van der Waals surface area contributed by atoms with Crippen molar-refractivity contribution in [3.63, 3.8) is 0 Å². The zero-order valence-corrected chi connectivity index (χ0v) is 15.7. The van der Waals surface area contributed by atoms with Crippen molar-refractivity contribution < 1.29 is 9.59 Å². The third-order valence-corrected chi connectivity index (χ3v) is 5.80. The van der Waals surface area contributed by atoms with Crippen molar-refractivity contribution in [3.8, 4) is 0 Å². The van der Waals surface area contributed by atoms with E-state index in [4.69, 9.17) is 0 Å². The summed E-state index contributed by atoms with van der Waals surface area (Å²) in [5.74, 6) is 0.465. The van der Waals surface area contributed by atoms with E-state index in [1.165, 1.54) is 11.3 Å². The highest BCUT2D eigenvalue weighted by Crippen LogP contribution is 2.20. The monoisotopic (exact) mass is 360 g/mol. The number of aromatic nitrogens is 2. The molecule has 3 rings (SSSR count). The Balaban J connectivity index is 1.48. The fourth-order valence-corrected chi connectivity index (χ4v) is 4.08. The Morgan fingerprint density at radius 1 is 1.32 bits per heavy atom. The van der Waals surface area contributed by atoms with Gasteiger partial charge in [0.05, 0.1) is 10.7 Å². The molecule has 0 bridgehead atoms. The number of rotatable bonds is 4. The summed E-state index contributed by atoms with van der Waals surface area (Å²) >= 11 is 1.43. The van der Waals surface area contributed by atoms with Gasteiger partial charge in [0.1, 0.15) is 10.6 Å². The summed E-state index contributed by atoms with van der Waals surface area (Å²) in [5, 5.41) is 3.94. The lowest BCUT2D eigenvalue weighted by atomic mass is 9.96. The zero-order valence-electron chi connectivity index (χ0n) is 14.9. The number of piperidine rings is 1. The average molecular weight is 360 g/mol. The van der Waals surface area contributed by atoms with Crippen LogP contribution in [-0.4, -0.2) is 45.9 Å². The molecular formula is C18H24N4O2S. The van der Waals surface area contributed by atoms with Crippen molar-refractivity contribution in [3.05, 3.63) is 39.6 Å². The maximum atomic E-state index is 12.5. The number of nitrogens with one attached hydrogen (secondary N) is 1. The molecule has 7 heteroatoms. The maximum absolute atomic E-state index is 12.5. The Morgan fingerprint density at radius 3 is 2.60 bits per heavy atom. The van der Waals surface area contributed by atoms with E-state index in [9.17, 15) is 9.59 Å². The van der Waals surface area contributed by atoms with Crippen LogP contribution in [0.15, 0.2) is 18.3 Å². The maximum Gasteiger partial charge on any atom is 0.270 e. The van der Waals surface area contributed by atoms with Crippen LogP contribution in [0.3, 0.4) is 0 Å². The average Bonchev–Trinajstić information content (AvgIpc) is 3.17. The smallest absolute Gasteiger partial charge is 0.270 e. The molecule has 0 spiro atoms. The van der Waals surface area contributed by atoms with Crippen LogP contribution in [0.5, 0.6) is 0 Å². The Hall–Kier alpha value is -2.15. The van der Waals surface area contributed by atoms with Gasteiger partial charge >= 0.3 is 0 Å². The van der Waals surface area contributed by atoms with Crippen LogP contribution in [0.4, 0.5) is 0 Å². The first-order chi connectivity index (χ1) is 12.0. The zero-order chi connectivity index (χ0) is 18.0. The van der Waals surface area contributed by atoms with Crippen LogP contribution in [-0.2, 0) is 7.05 Å². The number of amides is 2. The number of carbonyl (C=O) groups is 2. The number of thiazole rings is 1. The van der Waals surface area contributed by atoms with Gasteiger partial charge in [0.15, 0.2) is 0 Å². The van der Waals surface area contributed by atoms with Gasteiger partial charge in [-0.1, -0.05) is 0 Å². The second-order valence-corrected chi connectivity index (χ2v) is 7.80. The molecule has 1 fully saturated rings. The van der Waals surface area contributed by atoms with Gasteiger partial charge in [0, 0.05) is 32.9 Å². The molecule has 0 aromatic carbocycles. The largest absolute Gasteiger partial charge is 0.351 e. The molecule has 0 radical (unpaired) electrons. The normalized spacial score (nSPS) is 15.4. The predicted molar refractivity (Wildman–Crippen MR) is 98.0 cm³/mol. The van der Waals surface area contributed by atoms with E-state index < -0.39 is 0 Å². The molecule has 0 atom stereocenters. The summed E-state index contributed by atoms with van der Waals surface area (Å²) in [6.45, 7) is 5.91. The van der Waals surface area contributed by atoms with Gasteiger partial charge < -0.3 is 14.8 Å². The van der Waals surface area contributed by atoms with Crippen molar-refractivity contribution >= 4 is 23.2 Å². The molecule has 1 N–H and O–H groups in total. The van der Waals surface area contributed by atoms with E-state index in [1.54, 1.807) is 0 Å². The number of likely N-dealkylation sites (tertiary alicyclic amines) is 1. The highest BCUT2D eigenvalue weighted by Gasteiger charge is 2.25. The molecule has 1 saturated heterocycles. The molecular weight excluding hydrogens is 336 g/mol. The van der Waals surface area contributed by atoms with Crippen LogP contribution in [0, 0.1) is 19.8 Å². The van der Waals surface area contributed by atoms with E-state index in [2.05, 4.69) is 10.3 Å². The van der Waals surface area contributed by atoms with Gasteiger partial charge in [0.2, 0.25) is 0 Å². The number of hydrogen-bond donors (Lipinski definition) is 1. The van der Waals surface area contributed by atoms with Crippen LogP contribution >= 0.6 is 11.3 Å². The molecule has 3 heterocycles. The molecule has 2 aromatic heterocycles. The Kier molecular flexibility index (Phi) is 5.22. The molecule has 1 aliphatic rings. The summed E-state index contributed by atoms with van der Waals surface area (Å²) in [6.07, 6.45) is 3.72. The Morgan fingerprint density at radius 2 is 2.04 bits per heavy atom. The van der Waals surface area contributed by atoms with Crippen LogP contribution in [0.2, 0.25) is 0 Å². The summed E-state index contributed by atoms with van der Waals surface area (Å²) in [5.41, 5.74) is 1.52. The van der Waals surface area contributed by atoms with E-state index in [0.29, 0.717) is 17.3 Å². The van der Waals surface area contributed by atoms with E-state index in [0.717, 1.165) is 42.3 Å². The molecule has 134 valence electrons. The fourth-order valence-electron chi connectivity index (χ4n) is 3.24. The quantitative estimate of drug-likeness (QED) is 0.910. The molecule has 2 amide bonds. The second kappa shape index (κ2) is 7.39. The first kappa shape index (κ1) is 17.7. The Bertz CT molecular complexity index is 772. The van der Waals surface area contributed by atoms with Gasteiger partial charge in [-0.25, -0.2) is 4.98 Å². The highest BCUT2D eigenvalue weighted by molar-refractivity contribution is 7.13. The van der Waals surface area contributed by atoms with Crippen molar-refractivity contribution in [1.29, 1.82) is 0 Å². The number of nitrogens with zero attached hydrogens (tertiary/aromatic N) is 3. The molecule has 0 unspecified atom stereocenters. The third-order valence-electron chi connectivity index (χ3n) is 4.73. The number of carbonyl (C=O) groups excluding carboxylic acids is 2. The minimum Gasteiger partial charge on any atom is -0.351 e. The molecule has 2 aromatic rings. The van der Waals surface area contributed by atoms with Gasteiger partial charge in [0.25, 0.3) is 11.8 Å². The van der Waals surface area contributed by atoms with Crippen LogP contribution in [0.1, 0.15) is 43.7 Å². The number of hydrogen-bond acceptors (Lipinski definition) is 4.